The van der Waals surface area contributed by atoms with Gasteiger partial charge in [-0.3, -0.25) is 5.10 Å². The lowest BCUT2D eigenvalue weighted by Gasteiger charge is -2.11. The second-order valence-corrected chi connectivity index (χ2v) is 4.06. The van der Waals surface area contributed by atoms with Crippen LogP contribution in [0.3, 0.4) is 0 Å². The average Bonchev–Trinajstić information content (AvgIpc) is 2.63. The highest BCUT2D eigenvalue weighted by atomic mass is 79.9. The summed E-state index contributed by atoms with van der Waals surface area (Å²) in [6, 6.07) is 2.98. The van der Waals surface area contributed by atoms with Crippen LogP contribution in [0.15, 0.2) is 22.9 Å². The van der Waals surface area contributed by atoms with E-state index in [1.807, 2.05) is 0 Å². The lowest BCUT2D eigenvalue weighted by Crippen LogP contribution is -2.05. The van der Waals surface area contributed by atoms with E-state index in [4.69, 9.17) is 4.74 Å². The van der Waals surface area contributed by atoms with Crippen LogP contribution in [0.25, 0.3) is 0 Å². The van der Waals surface area contributed by atoms with Crippen molar-refractivity contribution < 1.29 is 13.5 Å². The van der Waals surface area contributed by atoms with Crippen LogP contribution in [0.2, 0.25) is 0 Å². The van der Waals surface area contributed by atoms with Crippen molar-refractivity contribution in [1.82, 2.24) is 15.2 Å². The molecular weight excluding hydrogens is 296 g/mol. The molecule has 1 aromatic heterocycles. The molecule has 2 rings (SSSR count). The summed E-state index contributed by atoms with van der Waals surface area (Å²) in [5, 5.41) is 6.40. The smallest absolute Gasteiger partial charge is 0.217 e. The van der Waals surface area contributed by atoms with Crippen molar-refractivity contribution in [2.45, 2.75) is 13.0 Å². The van der Waals surface area contributed by atoms with E-state index in [-0.39, 0.29) is 5.75 Å². The maximum Gasteiger partial charge on any atom is 0.217 e. The van der Waals surface area contributed by atoms with Crippen LogP contribution in [0.5, 0.6) is 5.75 Å². The number of hydrogen-bond acceptors (Lipinski definition) is 3. The van der Waals surface area contributed by atoms with Gasteiger partial charge >= 0.3 is 0 Å². The maximum atomic E-state index is 12.9. The molecule has 4 nitrogen and oxygen atoms in total. The van der Waals surface area contributed by atoms with Crippen molar-refractivity contribution in [2.24, 2.45) is 0 Å². The molecule has 1 atom stereocenters. The summed E-state index contributed by atoms with van der Waals surface area (Å²) in [5.41, 5.74) is 0. The Morgan fingerprint density at radius 2 is 1.94 bits per heavy atom. The molecule has 7 heteroatoms. The SMILES string of the molecule is CC(Oc1cc(F)cc(F)c1)c1nc(Br)n[nH]1. The van der Waals surface area contributed by atoms with Gasteiger partial charge in [0.05, 0.1) is 0 Å². The topological polar surface area (TPSA) is 50.8 Å². The summed E-state index contributed by atoms with van der Waals surface area (Å²) in [6.45, 7) is 1.69. The number of aromatic amines is 1. The number of ether oxygens (including phenoxy) is 1. The van der Waals surface area contributed by atoms with Gasteiger partial charge in [-0.15, -0.1) is 5.10 Å². The lowest BCUT2D eigenvalue weighted by molar-refractivity contribution is 0.215. The van der Waals surface area contributed by atoms with E-state index in [1.165, 1.54) is 0 Å². The lowest BCUT2D eigenvalue weighted by atomic mass is 10.3. The van der Waals surface area contributed by atoms with Gasteiger partial charge in [0.15, 0.2) is 11.9 Å². The molecule has 0 saturated carbocycles. The Balaban J connectivity index is 2.15. The van der Waals surface area contributed by atoms with Crippen LogP contribution in [0.4, 0.5) is 8.78 Å². The van der Waals surface area contributed by atoms with E-state index in [0.29, 0.717) is 10.6 Å². The van der Waals surface area contributed by atoms with Gasteiger partial charge in [-0.1, -0.05) is 0 Å². The molecule has 2 aromatic rings. The summed E-state index contributed by atoms with van der Waals surface area (Å²) in [5.74, 6) is -0.819. The number of halogens is 3. The molecular formula is C10H8BrF2N3O. The first-order valence-corrected chi connectivity index (χ1v) is 5.54. The third kappa shape index (κ3) is 3.00. The Labute approximate surface area is 104 Å². The molecule has 0 amide bonds. The van der Waals surface area contributed by atoms with Crippen LogP contribution in [-0.2, 0) is 0 Å². The summed E-state index contributed by atoms with van der Waals surface area (Å²) in [4.78, 5) is 3.99. The molecule has 0 aliphatic carbocycles. The van der Waals surface area contributed by atoms with Crippen molar-refractivity contribution in [2.75, 3.05) is 0 Å². The molecule has 1 heterocycles. The Morgan fingerprint density at radius 3 is 2.47 bits per heavy atom. The zero-order valence-electron chi connectivity index (χ0n) is 8.75. The van der Waals surface area contributed by atoms with Crippen LogP contribution >= 0.6 is 15.9 Å². The molecule has 90 valence electrons. The molecule has 1 aromatic carbocycles. The molecule has 17 heavy (non-hydrogen) atoms. The van der Waals surface area contributed by atoms with E-state index in [0.717, 1.165) is 18.2 Å². The maximum absolute atomic E-state index is 12.9. The average molecular weight is 304 g/mol. The summed E-state index contributed by atoms with van der Waals surface area (Å²) < 4.78 is 31.6. The predicted molar refractivity (Wildman–Crippen MR) is 59.5 cm³/mol. The summed E-state index contributed by atoms with van der Waals surface area (Å²) in [6.07, 6.45) is -0.491. The van der Waals surface area contributed by atoms with Crippen molar-refractivity contribution >= 4 is 15.9 Å². The first-order valence-electron chi connectivity index (χ1n) is 4.75. The molecule has 0 aliphatic heterocycles. The highest BCUT2D eigenvalue weighted by molar-refractivity contribution is 9.10. The van der Waals surface area contributed by atoms with Gasteiger partial charge < -0.3 is 4.74 Å². The number of benzene rings is 1. The first kappa shape index (κ1) is 12.0. The minimum Gasteiger partial charge on any atom is -0.483 e. The molecule has 1 unspecified atom stereocenters. The Hall–Kier alpha value is -1.50. The molecule has 0 fully saturated rings. The normalized spacial score (nSPS) is 12.5. The van der Waals surface area contributed by atoms with Crippen LogP contribution < -0.4 is 4.74 Å². The van der Waals surface area contributed by atoms with Gasteiger partial charge in [-0.25, -0.2) is 13.8 Å². The van der Waals surface area contributed by atoms with Crippen LogP contribution in [0.1, 0.15) is 18.9 Å². The summed E-state index contributed by atoms with van der Waals surface area (Å²) >= 11 is 3.08. The molecule has 1 N–H and O–H groups in total. The van der Waals surface area contributed by atoms with Crippen molar-refractivity contribution in [3.8, 4) is 5.75 Å². The van der Waals surface area contributed by atoms with E-state index in [9.17, 15) is 8.78 Å². The van der Waals surface area contributed by atoms with Gasteiger partial charge in [0.1, 0.15) is 17.4 Å². The Kier molecular flexibility index (Phi) is 3.37. The van der Waals surface area contributed by atoms with E-state index < -0.39 is 17.7 Å². The van der Waals surface area contributed by atoms with Gasteiger partial charge in [0.2, 0.25) is 4.73 Å². The standard InChI is InChI=1S/C10H8BrF2N3O/c1-5(9-14-10(11)16-15-9)17-8-3-6(12)2-7(13)4-8/h2-5H,1H3,(H,14,15,16). The van der Waals surface area contributed by atoms with E-state index >= 15 is 0 Å². The van der Waals surface area contributed by atoms with Crippen molar-refractivity contribution in [1.29, 1.82) is 0 Å². The Morgan fingerprint density at radius 1 is 1.29 bits per heavy atom. The molecule has 0 bridgehead atoms. The van der Waals surface area contributed by atoms with E-state index in [1.54, 1.807) is 6.92 Å². The minimum absolute atomic E-state index is 0.0996. The van der Waals surface area contributed by atoms with Gasteiger partial charge in [0.25, 0.3) is 0 Å². The Bertz CT molecular complexity index is 512. The highest BCUT2D eigenvalue weighted by Crippen LogP contribution is 2.22. The number of nitrogens with zero attached hydrogens (tertiary/aromatic N) is 2. The molecule has 0 spiro atoms. The number of H-pyrrole nitrogens is 1. The van der Waals surface area contributed by atoms with Crippen LogP contribution in [0, 0.1) is 11.6 Å². The van der Waals surface area contributed by atoms with Gasteiger partial charge in [-0.05, 0) is 22.9 Å². The fraction of sp³-hybridized carbons (Fsp3) is 0.200. The number of aromatic nitrogens is 3. The third-order valence-electron chi connectivity index (χ3n) is 2.01. The molecule has 0 aliphatic rings. The van der Waals surface area contributed by atoms with Gasteiger partial charge in [0, 0.05) is 18.2 Å². The van der Waals surface area contributed by atoms with Gasteiger partial charge in [-0.2, -0.15) is 0 Å². The fourth-order valence-electron chi connectivity index (χ4n) is 1.29. The number of rotatable bonds is 3. The zero-order chi connectivity index (χ0) is 12.4. The second kappa shape index (κ2) is 4.79. The monoisotopic (exact) mass is 303 g/mol. The number of nitrogens with one attached hydrogen (secondary N) is 1. The predicted octanol–water partition coefficient (Wildman–Crippen LogP) is 2.99. The molecule has 0 radical (unpaired) electrons. The highest BCUT2D eigenvalue weighted by Gasteiger charge is 2.13. The quantitative estimate of drug-likeness (QED) is 0.948. The van der Waals surface area contributed by atoms with Crippen molar-refractivity contribution in [3.63, 3.8) is 0 Å². The van der Waals surface area contributed by atoms with E-state index in [2.05, 4.69) is 31.1 Å². The van der Waals surface area contributed by atoms with Crippen LogP contribution in [-0.4, -0.2) is 15.2 Å². The fourth-order valence-corrected chi connectivity index (χ4v) is 1.57. The zero-order valence-corrected chi connectivity index (χ0v) is 10.3. The minimum atomic E-state index is -0.689. The van der Waals surface area contributed by atoms with Crippen molar-refractivity contribution in [3.05, 3.63) is 40.4 Å². The second-order valence-electron chi connectivity index (χ2n) is 3.35. The molecule has 0 saturated heterocycles. The first-order chi connectivity index (χ1) is 8.04. The largest absolute Gasteiger partial charge is 0.483 e. The number of hydrogen-bond donors (Lipinski definition) is 1. The third-order valence-corrected chi connectivity index (χ3v) is 2.36. The summed E-state index contributed by atoms with van der Waals surface area (Å²) in [7, 11) is 0.